The van der Waals surface area contributed by atoms with Gasteiger partial charge in [-0.05, 0) is 31.1 Å². The topological polar surface area (TPSA) is 86.0 Å². The molecule has 2 rings (SSSR count). The van der Waals surface area contributed by atoms with E-state index in [0.717, 1.165) is 18.9 Å². The van der Waals surface area contributed by atoms with Gasteiger partial charge in [0.1, 0.15) is 0 Å². The number of anilines is 2. The number of ether oxygens (including phenoxy) is 1. The van der Waals surface area contributed by atoms with Gasteiger partial charge in [-0.1, -0.05) is 20.3 Å². The predicted octanol–water partition coefficient (Wildman–Crippen LogP) is 2.09. The van der Waals surface area contributed by atoms with Crippen LogP contribution in [0.3, 0.4) is 0 Å². The Morgan fingerprint density at radius 2 is 2.16 bits per heavy atom. The summed E-state index contributed by atoms with van der Waals surface area (Å²) in [6.07, 6.45) is 4.77. The minimum absolute atomic E-state index is 0.198. The number of nitrogen functional groups attached to an aromatic ring is 1. The Kier molecular flexibility index (Phi) is 4.76. The maximum Gasteiger partial charge on any atom is 0.323 e. The van der Waals surface area contributed by atoms with Gasteiger partial charge in [0.25, 0.3) is 0 Å². The standard InChI is InChI=1S/C13H23N5O/c1-3-6-19-13-17-11(14)16-12(18-13)15-8-10-5-4-9(2)7-10/h9-10H,3-8H2,1-2H3,(H3,14,15,16,17,18). The highest BCUT2D eigenvalue weighted by atomic mass is 16.5. The van der Waals surface area contributed by atoms with E-state index in [1.165, 1.54) is 19.3 Å². The quantitative estimate of drug-likeness (QED) is 0.819. The van der Waals surface area contributed by atoms with Crippen LogP contribution in [0.2, 0.25) is 0 Å². The third-order valence-electron chi connectivity index (χ3n) is 3.42. The molecule has 1 aromatic heterocycles. The molecule has 0 aliphatic heterocycles. The normalized spacial score (nSPS) is 22.4. The van der Waals surface area contributed by atoms with Crippen LogP contribution in [0.5, 0.6) is 6.01 Å². The summed E-state index contributed by atoms with van der Waals surface area (Å²) in [5, 5.41) is 3.24. The molecule has 0 saturated heterocycles. The number of rotatable bonds is 6. The van der Waals surface area contributed by atoms with Gasteiger partial charge in [-0.3, -0.25) is 0 Å². The lowest BCUT2D eigenvalue weighted by Crippen LogP contribution is -2.15. The Bertz CT molecular complexity index is 412. The van der Waals surface area contributed by atoms with E-state index in [1.807, 2.05) is 6.92 Å². The number of nitrogens with one attached hydrogen (secondary N) is 1. The van der Waals surface area contributed by atoms with Crippen LogP contribution in [0, 0.1) is 11.8 Å². The molecule has 0 aromatic carbocycles. The molecule has 1 saturated carbocycles. The molecule has 6 heteroatoms. The van der Waals surface area contributed by atoms with E-state index in [4.69, 9.17) is 10.5 Å². The van der Waals surface area contributed by atoms with Gasteiger partial charge in [-0.2, -0.15) is 15.0 Å². The SMILES string of the molecule is CCCOc1nc(N)nc(NCC2CCC(C)C2)n1. The number of hydrogen-bond donors (Lipinski definition) is 2. The zero-order valence-corrected chi connectivity index (χ0v) is 11.7. The first-order chi connectivity index (χ1) is 9.17. The maximum atomic E-state index is 5.65. The summed E-state index contributed by atoms with van der Waals surface area (Å²) in [4.78, 5) is 12.3. The molecule has 0 radical (unpaired) electrons. The lowest BCUT2D eigenvalue weighted by atomic mass is 10.1. The van der Waals surface area contributed by atoms with Crippen molar-refractivity contribution in [3.8, 4) is 6.01 Å². The van der Waals surface area contributed by atoms with Crippen LogP contribution in [0.4, 0.5) is 11.9 Å². The van der Waals surface area contributed by atoms with Crippen LogP contribution in [-0.4, -0.2) is 28.1 Å². The molecule has 0 bridgehead atoms. The van der Waals surface area contributed by atoms with E-state index < -0.39 is 0 Å². The van der Waals surface area contributed by atoms with E-state index >= 15 is 0 Å². The fourth-order valence-electron chi connectivity index (χ4n) is 2.46. The average molecular weight is 265 g/mol. The lowest BCUT2D eigenvalue weighted by Gasteiger charge is -2.11. The molecule has 0 spiro atoms. The van der Waals surface area contributed by atoms with Crippen LogP contribution < -0.4 is 15.8 Å². The Hall–Kier alpha value is -1.59. The summed E-state index contributed by atoms with van der Waals surface area (Å²) in [6.45, 7) is 5.81. The fourth-order valence-corrected chi connectivity index (χ4v) is 2.46. The third-order valence-corrected chi connectivity index (χ3v) is 3.42. The summed E-state index contributed by atoms with van der Waals surface area (Å²) in [5.41, 5.74) is 5.65. The summed E-state index contributed by atoms with van der Waals surface area (Å²) < 4.78 is 5.38. The first kappa shape index (κ1) is 13.8. The number of nitrogens with zero attached hydrogens (tertiary/aromatic N) is 3. The Balaban J connectivity index is 1.90. The first-order valence-electron chi connectivity index (χ1n) is 7.05. The molecule has 1 aliphatic rings. The Morgan fingerprint density at radius 3 is 2.84 bits per heavy atom. The largest absolute Gasteiger partial charge is 0.463 e. The third kappa shape index (κ3) is 4.22. The van der Waals surface area contributed by atoms with Gasteiger partial charge in [-0.25, -0.2) is 0 Å². The van der Waals surface area contributed by atoms with Crippen molar-refractivity contribution in [2.75, 3.05) is 24.2 Å². The smallest absolute Gasteiger partial charge is 0.323 e. The van der Waals surface area contributed by atoms with Crippen molar-refractivity contribution in [3.63, 3.8) is 0 Å². The van der Waals surface area contributed by atoms with Gasteiger partial charge in [-0.15, -0.1) is 0 Å². The van der Waals surface area contributed by atoms with Crippen LogP contribution in [0.25, 0.3) is 0 Å². The molecule has 6 nitrogen and oxygen atoms in total. The second kappa shape index (κ2) is 6.54. The van der Waals surface area contributed by atoms with Crippen molar-refractivity contribution in [2.24, 2.45) is 11.8 Å². The lowest BCUT2D eigenvalue weighted by molar-refractivity contribution is 0.292. The van der Waals surface area contributed by atoms with Crippen LogP contribution in [-0.2, 0) is 0 Å². The van der Waals surface area contributed by atoms with Crippen molar-refractivity contribution in [2.45, 2.75) is 39.5 Å². The zero-order chi connectivity index (χ0) is 13.7. The maximum absolute atomic E-state index is 5.65. The van der Waals surface area contributed by atoms with E-state index in [2.05, 4.69) is 27.2 Å². The molecule has 1 fully saturated rings. The number of hydrogen-bond acceptors (Lipinski definition) is 6. The summed E-state index contributed by atoms with van der Waals surface area (Å²) in [6, 6.07) is 0.302. The predicted molar refractivity (Wildman–Crippen MR) is 75.0 cm³/mol. The van der Waals surface area contributed by atoms with Crippen molar-refractivity contribution in [3.05, 3.63) is 0 Å². The molecule has 19 heavy (non-hydrogen) atoms. The van der Waals surface area contributed by atoms with Gasteiger partial charge < -0.3 is 15.8 Å². The van der Waals surface area contributed by atoms with E-state index in [1.54, 1.807) is 0 Å². The molecule has 106 valence electrons. The second-order valence-electron chi connectivity index (χ2n) is 5.31. The first-order valence-corrected chi connectivity index (χ1v) is 7.05. The van der Waals surface area contributed by atoms with E-state index in [-0.39, 0.29) is 5.95 Å². The van der Waals surface area contributed by atoms with Crippen LogP contribution >= 0.6 is 0 Å². The van der Waals surface area contributed by atoms with E-state index in [9.17, 15) is 0 Å². The summed E-state index contributed by atoms with van der Waals surface area (Å²) in [7, 11) is 0. The number of nitrogens with two attached hydrogens (primary N) is 1. The van der Waals surface area contributed by atoms with E-state index in [0.29, 0.717) is 24.5 Å². The minimum Gasteiger partial charge on any atom is -0.463 e. The average Bonchev–Trinajstić information content (AvgIpc) is 2.79. The van der Waals surface area contributed by atoms with Crippen molar-refractivity contribution < 1.29 is 4.74 Å². The van der Waals surface area contributed by atoms with Gasteiger partial charge in [0.2, 0.25) is 11.9 Å². The minimum atomic E-state index is 0.198. The molecular weight excluding hydrogens is 242 g/mol. The monoisotopic (exact) mass is 265 g/mol. The van der Waals surface area contributed by atoms with Crippen molar-refractivity contribution in [1.82, 2.24) is 15.0 Å². The van der Waals surface area contributed by atoms with Crippen molar-refractivity contribution in [1.29, 1.82) is 0 Å². The Labute approximate surface area is 114 Å². The molecule has 2 atom stereocenters. The molecule has 3 N–H and O–H groups in total. The fraction of sp³-hybridized carbons (Fsp3) is 0.769. The van der Waals surface area contributed by atoms with Gasteiger partial charge in [0.15, 0.2) is 0 Å². The number of aromatic nitrogens is 3. The van der Waals surface area contributed by atoms with Crippen molar-refractivity contribution >= 4 is 11.9 Å². The van der Waals surface area contributed by atoms with Crippen LogP contribution in [0.1, 0.15) is 39.5 Å². The molecule has 1 heterocycles. The summed E-state index contributed by atoms with van der Waals surface area (Å²) in [5.74, 6) is 2.24. The molecular formula is C13H23N5O. The van der Waals surface area contributed by atoms with Gasteiger partial charge in [0.05, 0.1) is 6.61 Å². The molecule has 1 aromatic rings. The van der Waals surface area contributed by atoms with Crippen LogP contribution in [0.15, 0.2) is 0 Å². The zero-order valence-electron chi connectivity index (χ0n) is 11.7. The highest BCUT2D eigenvalue weighted by Gasteiger charge is 2.21. The van der Waals surface area contributed by atoms with Gasteiger partial charge >= 0.3 is 6.01 Å². The second-order valence-corrected chi connectivity index (χ2v) is 5.31. The highest BCUT2D eigenvalue weighted by molar-refractivity contribution is 5.32. The Morgan fingerprint density at radius 1 is 1.32 bits per heavy atom. The molecule has 2 unspecified atom stereocenters. The van der Waals surface area contributed by atoms with Gasteiger partial charge in [0, 0.05) is 6.54 Å². The highest BCUT2D eigenvalue weighted by Crippen LogP contribution is 2.30. The molecule has 1 aliphatic carbocycles. The molecule has 0 amide bonds. The summed E-state index contributed by atoms with van der Waals surface area (Å²) >= 11 is 0.